The molecule has 1 atom stereocenters. The molecule has 2 aliphatic carbocycles. The molecule has 3 rings (SSSR count). The second-order valence-corrected chi connectivity index (χ2v) is 8.22. The van der Waals surface area contributed by atoms with Gasteiger partial charge in [-0.2, -0.15) is 22.5 Å². The lowest BCUT2D eigenvalue weighted by molar-refractivity contribution is 0.440. The molecule has 1 heterocycles. The highest BCUT2D eigenvalue weighted by Gasteiger charge is 2.30. The first-order chi connectivity index (χ1) is 9.97. The fourth-order valence-corrected chi connectivity index (χ4v) is 4.12. The van der Waals surface area contributed by atoms with Gasteiger partial charge in [-0.3, -0.25) is 4.68 Å². The molecule has 0 saturated heterocycles. The van der Waals surface area contributed by atoms with Crippen molar-refractivity contribution in [2.45, 2.75) is 57.0 Å². The van der Waals surface area contributed by atoms with E-state index in [-0.39, 0.29) is 6.04 Å². The molecule has 21 heavy (non-hydrogen) atoms. The number of aromatic nitrogens is 2. The van der Waals surface area contributed by atoms with Gasteiger partial charge in [0, 0.05) is 20.3 Å². The molecule has 2 aliphatic rings. The van der Waals surface area contributed by atoms with Crippen LogP contribution in [0.4, 0.5) is 0 Å². The highest BCUT2D eigenvalue weighted by atomic mass is 32.2. The summed E-state index contributed by atoms with van der Waals surface area (Å²) in [6.45, 7) is 0. The molecule has 1 fully saturated rings. The van der Waals surface area contributed by atoms with Crippen molar-refractivity contribution < 1.29 is 8.42 Å². The SMILES string of the molecule is CN(C)S(=O)(=O)N[C@@H]1CCCc2cn(C3CCCC3)nc21. The zero-order valence-corrected chi connectivity index (χ0v) is 13.6. The van der Waals surface area contributed by atoms with Crippen LogP contribution < -0.4 is 4.72 Å². The van der Waals surface area contributed by atoms with E-state index in [0.717, 1.165) is 25.0 Å². The normalized spacial score (nSPS) is 23.7. The van der Waals surface area contributed by atoms with Crippen LogP contribution >= 0.6 is 0 Å². The van der Waals surface area contributed by atoms with Gasteiger partial charge >= 0.3 is 0 Å². The monoisotopic (exact) mass is 312 g/mol. The molecular formula is C14H24N4O2S. The maximum atomic E-state index is 12.1. The van der Waals surface area contributed by atoms with E-state index < -0.39 is 10.2 Å². The van der Waals surface area contributed by atoms with Crippen molar-refractivity contribution in [2.75, 3.05) is 14.1 Å². The zero-order chi connectivity index (χ0) is 15.0. The van der Waals surface area contributed by atoms with Crippen LogP contribution in [0.5, 0.6) is 0 Å². The Morgan fingerprint density at radius 2 is 1.95 bits per heavy atom. The summed E-state index contributed by atoms with van der Waals surface area (Å²) in [7, 11) is -0.327. The number of fused-ring (bicyclic) bond motifs is 1. The Hall–Kier alpha value is -0.920. The molecule has 0 unspecified atom stereocenters. The van der Waals surface area contributed by atoms with Gasteiger partial charge in [0.1, 0.15) is 0 Å². The van der Waals surface area contributed by atoms with Gasteiger partial charge in [0.15, 0.2) is 0 Å². The predicted octanol–water partition coefficient (Wildman–Crippen LogP) is 1.77. The van der Waals surface area contributed by atoms with Crippen molar-refractivity contribution in [3.05, 3.63) is 17.5 Å². The van der Waals surface area contributed by atoms with E-state index in [2.05, 4.69) is 15.6 Å². The van der Waals surface area contributed by atoms with Crippen LogP contribution in [0.3, 0.4) is 0 Å². The molecule has 0 amide bonds. The molecule has 0 radical (unpaired) electrons. The summed E-state index contributed by atoms with van der Waals surface area (Å²) in [6.07, 6.45) is 9.89. The standard InChI is InChI=1S/C14H24N4O2S/c1-17(2)21(19,20)16-13-9-5-6-11-10-18(15-14(11)13)12-7-3-4-8-12/h10,12-13,16H,3-9H2,1-2H3/t13-/m1/s1. The first kappa shape index (κ1) is 15.0. The molecule has 7 heteroatoms. The Morgan fingerprint density at radius 3 is 2.62 bits per heavy atom. The van der Waals surface area contributed by atoms with Gasteiger partial charge in [0.2, 0.25) is 0 Å². The molecule has 1 N–H and O–H groups in total. The molecule has 1 saturated carbocycles. The van der Waals surface area contributed by atoms with E-state index in [1.54, 1.807) is 14.1 Å². The van der Waals surface area contributed by atoms with Gasteiger partial charge in [-0.15, -0.1) is 0 Å². The summed E-state index contributed by atoms with van der Waals surface area (Å²) in [5.41, 5.74) is 2.14. The van der Waals surface area contributed by atoms with Crippen LogP contribution in [-0.2, 0) is 16.6 Å². The predicted molar refractivity (Wildman–Crippen MR) is 81.2 cm³/mol. The van der Waals surface area contributed by atoms with Gasteiger partial charge in [0.25, 0.3) is 10.2 Å². The molecule has 1 aromatic rings. The van der Waals surface area contributed by atoms with E-state index in [1.165, 1.54) is 35.6 Å². The Morgan fingerprint density at radius 1 is 1.24 bits per heavy atom. The Kier molecular flexibility index (Phi) is 4.07. The number of nitrogens with zero attached hydrogens (tertiary/aromatic N) is 3. The zero-order valence-electron chi connectivity index (χ0n) is 12.7. The lowest BCUT2D eigenvalue weighted by atomic mass is 9.94. The van der Waals surface area contributed by atoms with Crippen molar-refractivity contribution in [3.8, 4) is 0 Å². The highest BCUT2D eigenvalue weighted by molar-refractivity contribution is 7.87. The summed E-state index contributed by atoms with van der Waals surface area (Å²) in [4.78, 5) is 0. The number of hydrogen-bond acceptors (Lipinski definition) is 3. The third-order valence-corrected chi connectivity index (χ3v) is 6.12. The third kappa shape index (κ3) is 3.00. The summed E-state index contributed by atoms with van der Waals surface area (Å²) in [5, 5.41) is 4.73. The largest absolute Gasteiger partial charge is 0.279 e. The highest BCUT2D eigenvalue weighted by Crippen LogP contribution is 2.34. The van der Waals surface area contributed by atoms with Crippen molar-refractivity contribution >= 4 is 10.2 Å². The van der Waals surface area contributed by atoms with E-state index in [9.17, 15) is 8.42 Å². The van der Waals surface area contributed by atoms with Crippen molar-refractivity contribution in [2.24, 2.45) is 0 Å². The molecule has 0 aromatic carbocycles. The fraction of sp³-hybridized carbons (Fsp3) is 0.786. The lowest BCUT2D eigenvalue weighted by Gasteiger charge is -2.23. The van der Waals surface area contributed by atoms with E-state index in [4.69, 9.17) is 5.10 Å². The second-order valence-electron chi connectivity index (χ2n) is 6.31. The van der Waals surface area contributed by atoms with Gasteiger partial charge in [0.05, 0.1) is 17.8 Å². The quantitative estimate of drug-likeness (QED) is 0.921. The van der Waals surface area contributed by atoms with Crippen molar-refractivity contribution in [1.29, 1.82) is 0 Å². The minimum absolute atomic E-state index is 0.191. The molecular weight excluding hydrogens is 288 g/mol. The topological polar surface area (TPSA) is 67.2 Å². The minimum atomic E-state index is -3.42. The first-order valence-corrected chi connectivity index (χ1v) is 9.19. The van der Waals surface area contributed by atoms with Crippen LogP contribution in [0.2, 0.25) is 0 Å². The summed E-state index contributed by atoms with van der Waals surface area (Å²) in [6, 6.07) is 0.311. The molecule has 0 bridgehead atoms. The Bertz CT molecular complexity index is 602. The van der Waals surface area contributed by atoms with Crippen LogP contribution in [0.1, 0.15) is 61.9 Å². The van der Waals surface area contributed by atoms with Crippen LogP contribution in [0.15, 0.2) is 6.20 Å². The summed E-state index contributed by atoms with van der Waals surface area (Å²) in [5.74, 6) is 0. The van der Waals surface area contributed by atoms with Crippen molar-refractivity contribution in [3.63, 3.8) is 0 Å². The minimum Gasteiger partial charge on any atom is -0.269 e. The number of nitrogens with one attached hydrogen (secondary N) is 1. The van der Waals surface area contributed by atoms with Gasteiger partial charge < -0.3 is 0 Å². The van der Waals surface area contributed by atoms with Gasteiger partial charge in [-0.25, -0.2) is 0 Å². The number of hydrogen-bond donors (Lipinski definition) is 1. The van der Waals surface area contributed by atoms with Crippen LogP contribution in [-0.4, -0.2) is 36.6 Å². The van der Waals surface area contributed by atoms with Crippen LogP contribution in [0, 0.1) is 0 Å². The average molecular weight is 312 g/mol. The molecule has 0 aliphatic heterocycles. The molecule has 6 nitrogen and oxygen atoms in total. The molecule has 0 spiro atoms. The van der Waals surface area contributed by atoms with E-state index in [1.807, 2.05) is 0 Å². The first-order valence-electron chi connectivity index (χ1n) is 7.75. The van der Waals surface area contributed by atoms with Gasteiger partial charge in [-0.05, 0) is 37.7 Å². The molecule has 118 valence electrons. The van der Waals surface area contributed by atoms with Gasteiger partial charge in [-0.1, -0.05) is 12.8 Å². The Labute approximate surface area is 126 Å². The average Bonchev–Trinajstić information content (AvgIpc) is 3.07. The summed E-state index contributed by atoms with van der Waals surface area (Å²) >= 11 is 0. The summed E-state index contributed by atoms with van der Waals surface area (Å²) < 4.78 is 30.2. The van der Waals surface area contributed by atoms with E-state index in [0.29, 0.717) is 6.04 Å². The third-order valence-electron chi connectivity index (χ3n) is 4.58. The van der Waals surface area contributed by atoms with Crippen LogP contribution in [0.25, 0.3) is 0 Å². The molecule has 1 aromatic heterocycles. The lowest BCUT2D eigenvalue weighted by Crippen LogP contribution is -2.39. The maximum absolute atomic E-state index is 12.1. The second kappa shape index (κ2) is 5.70. The van der Waals surface area contributed by atoms with E-state index >= 15 is 0 Å². The smallest absolute Gasteiger partial charge is 0.269 e. The fourth-order valence-electron chi connectivity index (χ4n) is 3.32. The Balaban J connectivity index is 1.84. The number of rotatable bonds is 4. The number of aryl methyl sites for hydroxylation is 1. The maximum Gasteiger partial charge on any atom is 0.279 e. The van der Waals surface area contributed by atoms with Crippen molar-refractivity contribution in [1.82, 2.24) is 18.8 Å².